The third-order valence-corrected chi connectivity index (χ3v) is 5.98. The number of piperidine rings is 1. The molecule has 3 heterocycles. The number of nitrogens with one attached hydrogen (secondary N) is 1. The van der Waals surface area contributed by atoms with Crippen LogP contribution in [0.4, 0.5) is 0 Å². The molecule has 2 bridgehead atoms. The van der Waals surface area contributed by atoms with Crippen LogP contribution in [0.1, 0.15) is 41.9 Å². The van der Waals surface area contributed by atoms with Crippen LogP contribution in [0, 0.1) is 6.92 Å². The highest BCUT2D eigenvalue weighted by molar-refractivity contribution is 7.88. The number of aromatic nitrogens is 2. The van der Waals surface area contributed by atoms with Crippen molar-refractivity contribution in [3.8, 4) is 0 Å². The molecule has 0 saturated carbocycles. The third-order valence-electron chi connectivity index (χ3n) is 4.62. The Bertz CT molecular complexity index is 683. The van der Waals surface area contributed by atoms with Crippen LogP contribution in [0.2, 0.25) is 0 Å². The zero-order valence-electron chi connectivity index (χ0n) is 13.1. The first-order valence-corrected chi connectivity index (χ1v) is 9.40. The van der Waals surface area contributed by atoms with E-state index in [-0.39, 0.29) is 24.0 Å². The highest BCUT2D eigenvalue weighted by Crippen LogP contribution is 2.37. The van der Waals surface area contributed by atoms with Crippen LogP contribution in [0.25, 0.3) is 0 Å². The molecule has 2 atom stereocenters. The van der Waals surface area contributed by atoms with E-state index in [0.717, 1.165) is 18.5 Å². The monoisotopic (exact) mass is 326 g/mol. The number of fused-ring (bicyclic) bond motifs is 2. The van der Waals surface area contributed by atoms with Gasteiger partial charge in [-0.2, -0.15) is 9.40 Å². The maximum absolute atomic E-state index is 12.4. The SMILES string of the molecule is Cc1cc(C(=O)NC2CC3CCC(C2)N3S(C)(=O)=O)n(C)n1. The van der Waals surface area contributed by atoms with E-state index in [0.29, 0.717) is 18.5 Å². The molecule has 0 aliphatic carbocycles. The summed E-state index contributed by atoms with van der Waals surface area (Å²) in [5, 5.41) is 7.22. The summed E-state index contributed by atoms with van der Waals surface area (Å²) in [4.78, 5) is 12.4. The summed E-state index contributed by atoms with van der Waals surface area (Å²) in [6.07, 6.45) is 4.41. The lowest BCUT2D eigenvalue weighted by molar-refractivity contribution is 0.0900. The first-order chi connectivity index (χ1) is 10.3. The van der Waals surface area contributed by atoms with Crippen molar-refractivity contribution in [3.63, 3.8) is 0 Å². The van der Waals surface area contributed by atoms with Crippen molar-refractivity contribution in [1.82, 2.24) is 19.4 Å². The first kappa shape index (κ1) is 15.5. The minimum atomic E-state index is -3.16. The number of amides is 1. The van der Waals surface area contributed by atoms with Crippen molar-refractivity contribution >= 4 is 15.9 Å². The summed E-state index contributed by atoms with van der Waals surface area (Å²) in [5.74, 6) is -0.139. The Morgan fingerprint density at radius 1 is 1.32 bits per heavy atom. The lowest BCUT2D eigenvalue weighted by Gasteiger charge is -2.37. The number of nitrogens with zero attached hydrogens (tertiary/aromatic N) is 3. The predicted octanol–water partition coefficient (Wildman–Crippen LogP) is 0.413. The third kappa shape index (κ3) is 2.77. The lowest BCUT2D eigenvalue weighted by Crippen LogP contribution is -2.52. The molecule has 0 aromatic carbocycles. The van der Waals surface area contributed by atoms with Crippen LogP contribution in [0.15, 0.2) is 6.07 Å². The van der Waals surface area contributed by atoms with Crippen LogP contribution < -0.4 is 5.32 Å². The van der Waals surface area contributed by atoms with Gasteiger partial charge in [0.25, 0.3) is 5.91 Å². The molecular formula is C14H22N4O3S. The largest absolute Gasteiger partial charge is 0.348 e. The number of rotatable bonds is 3. The minimum absolute atomic E-state index is 0.0207. The smallest absolute Gasteiger partial charge is 0.269 e. The van der Waals surface area contributed by atoms with E-state index < -0.39 is 10.0 Å². The van der Waals surface area contributed by atoms with E-state index in [1.54, 1.807) is 22.1 Å². The van der Waals surface area contributed by atoms with Crippen molar-refractivity contribution in [2.45, 2.75) is 50.7 Å². The molecule has 8 heteroatoms. The zero-order chi connectivity index (χ0) is 16.1. The van der Waals surface area contributed by atoms with Gasteiger partial charge in [0, 0.05) is 25.2 Å². The van der Waals surface area contributed by atoms with Gasteiger partial charge in [0.15, 0.2) is 0 Å². The standard InChI is InChI=1S/C14H22N4O3S/c1-9-6-13(17(2)16-9)14(19)15-10-7-11-4-5-12(8-10)18(11)22(3,20)21/h6,10-12H,4-5,7-8H2,1-3H3,(H,15,19). The second-order valence-electron chi connectivity index (χ2n) is 6.41. The Kier molecular flexibility index (Phi) is 3.76. The van der Waals surface area contributed by atoms with Crippen LogP contribution >= 0.6 is 0 Å². The van der Waals surface area contributed by atoms with Crippen LogP contribution in [0.3, 0.4) is 0 Å². The van der Waals surface area contributed by atoms with Crippen molar-refractivity contribution in [2.24, 2.45) is 7.05 Å². The predicted molar refractivity (Wildman–Crippen MR) is 81.9 cm³/mol. The van der Waals surface area contributed by atoms with E-state index in [1.165, 1.54) is 6.26 Å². The van der Waals surface area contributed by atoms with Crippen LogP contribution in [-0.2, 0) is 17.1 Å². The van der Waals surface area contributed by atoms with Crippen molar-refractivity contribution in [1.29, 1.82) is 0 Å². The Morgan fingerprint density at radius 3 is 2.36 bits per heavy atom. The lowest BCUT2D eigenvalue weighted by atomic mass is 9.99. The summed E-state index contributed by atoms with van der Waals surface area (Å²) < 4.78 is 27.0. The maximum atomic E-state index is 12.4. The molecule has 1 aromatic heterocycles. The molecule has 1 amide bonds. The average Bonchev–Trinajstić information content (AvgIpc) is 2.87. The van der Waals surface area contributed by atoms with Gasteiger partial charge in [0.1, 0.15) is 5.69 Å². The van der Waals surface area contributed by atoms with E-state index >= 15 is 0 Å². The average molecular weight is 326 g/mol. The molecule has 1 aromatic rings. The summed E-state index contributed by atoms with van der Waals surface area (Å²) >= 11 is 0. The molecule has 122 valence electrons. The second-order valence-corrected chi connectivity index (χ2v) is 8.30. The summed E-state index contributed by atoms with van der Waals surface area (Å²) in [7, 11) is -1.41. The summed E-state index contributed by atoms with van der Waals surface area (Å²) in [6.45, 7) is 1.85. The fraction of sp³-hybridized carbons (Fsp3) is 0.714. The summed E-state index contributed by atoms with van der Waals surface area (Å²) in [5.41, 5.74) is 1.34. The molecular weight excluding hydrogens is 304 g/mol. The van der Waals surface area contributed by atoms with E-state index in [2.05, 4.69) is 10.4 Å². The molecule has 2 aliphatic rings. The Hall–Kier alpha value is -1.41. The number of hydrogen-bond donors (Lipinski definition) is 1. The fourth-order valence-electron chi connectivity index (χ4n) is 3.88. The van der Waals surface area contributed by atoms with Gasteiger partial charge < -0.3 is 5.32 Å². The molecule has 3 rings (SSSR count). The van der Waals surface area contributed by atoms with Gasteiger partial charge in [-0.3, -0.25) is 9.48 Å². The van der Waals surface area contributed by atoms with Gasteiger partial charge in [-0.1, -0.05) is 0 Å². The minimum Gasteiger partial charge on any atom is -0.348 e. The van der Waals surface area contributed by atoms with E-state index in [4.69, 9.17) is 0 Å². The first-order valence-electron chi connectivity index (χ1n) is 7.55. The number of hydrogen-bond acceptors (Lipinski definition) is 4. The second kappa shape index (κ2) is 5.34. The maximum Gasteiger partial charge on any atom is 0.269 e. The molecule has 2 unspecified atom stereocenters. The highest BCUT2D eigenvalue weighted by atomic mass is 32.2. The topological polar surface area (TPSA) is 84.3 Å². The summed E-state index contributed by atoms with van der Waals surface area (Å²) in [6, 6.07) is 1.83. The number of sulfonamides is 1. The molecule has 2 saturated heterocycles. The Labute approximate surface area is 130 Å². The van der Waals surface area contributed by atoms with Gasteiger partial charge in [0.2, 0.25) is 10.0 Å². The van der Waals surface area contributed by atoms with E-state index in [9.17, 15) is 13.2 Å². The van der Waals surface area contributed by atoms with Crippen molar-refractivity contribution in [2.75, 3.05) is 6.26 Å². The molecule has 7 nitrogen and oxygen atoms in total. The number of aryl methyl sites for hydroxylation is 2. The Morgan fingerprint density at radius 2 is 1.91 bits per heavy atom. The molecule has 1 N–H and O–H groups in total. The van der Waals surface area contributed by atoms with Crippen LogP contribution in [-0.4, -0.2) is 52.8 Å². The number of carbonyl (C=O) groups excluding carboxylic acids is 1. The molecule has 2 fully saturated rings. The van der Waals surface area contributed by atoms with Crippen molar-refractivity contribution < 1.29 is 13.2 Å². The van der Waals surface area contributed by atoms with Crippen molar-refractivity contribution in [3.05, 3.63) is 17.5 Å². The quantitative estimate of drug-likeness (QED) is 0.872. The molecule has 0 spiro atoms. The Balaban J connectivity index is 1.69. The highest BCUT2D eigenvalue weighted by Gasteiger charge is 2.45. The van der Waals surface area contributed by atoms with Crippen LogP contribution in [0.5, 0.6) is 0 Å². The molecule has 2 aliphatic heterocycles. The van der Waals surface area contributed by atoms with Gasteiger partial charge in [-0.05, 0) is 38.7 Å². The fourth-order valence-corrected chi connectivity index (χ4v) is 5.34. The van der Waals surface area contributed by atoms with E-state index in [1.807, 2.05) is 6.92 Å². The van der Waals surface area contributed by atoms with Gasteiger partial charge in [0.05, 0.1) is 11.9 Å². The van der Waals surface area contributed by atoms with Gasteiger partial charge in [-0.25, -0.2) is 8.42 Å². The normalized spacial score (nSPS) is 28.8. The zero-order valence-corrected chi connectivity index (χ0v) is 13.9. The molecule has 22 heavy (non-hydrogen) atoms. The molecule has 0 radical (unpaired) electrons. The van der Waals surface area contributed by atoms with Gasteiger partial charge >= 0.3 is 0 Å². The van der Waals surface area contributed by atoms with Gasteiger partial charge in [-0.15, -0.1) is 0 Å². The number of carbonyl (C=O) groups is 1.